The number of nitrogens with zero attached hydrogens (tertiary/aromatic N) is 3. The number of aromatic amines is 1. The van der Waals surface area contributed by atoms with Crippen LogP contribution in [-0.2, 0) is 38.6 Å². The highest BCUT2D eigenvalue weighted by atomic mass is 16.5. The van der Waals surface area contributed by atoms with Gasteiger partial charge in [-0.2, -0.15) is 0 Å². The lowest BCUT2D eigenvalue weighted by Crippen LogP contribution is -2.54. The van der Waals surface area contributed by atoms with E-state index in [-0.39, 0.29) is 35.7 Å². The summed E-state index contributed by atoms with van der Waals surface area (Å²) in [5.41, 5.74) is 14.8. The maximum atomic E-state index is 14.0. The number of nitrogens with two attached hydrogens (primary N) is 1. The molecule has 74 heavy (non-hydrogen) atoms. The minimum Gasteiger partial charge on any atom is -0.382 e. The van der Waals surface area contributed by atoms with Gasteiger partial charge in [0.25, 0.3) is 17.4 Å². The summed E-state index contributed by atoms with van der Waals surface area (Å²) in [6.07, 6.45) is 4.58. The lowest BCUT2D eigenvalue weighted by molar-refractivity contribution is -0.135. The average molecular weight is 1020 g/mol. The lowest BCUT2D eigenvalue weighted by Gasteiger charge is -2.37. The first-order valence-corrected chi connectivity index (χ1v) is 26.9. The fourth-order valence-corrected chi connectivity index (χ4v) is 10.1. The molecule has 3 heterocycles. The van der Waals surface area contributed by atoms with E-state index in [9.17, 15) is 29.1 Å². The summed E-state index contributed by atoms with van der Waals surface area (Å²) >= 11 is 0. The van der Waals surface area contributed by atoms with E-state index >= 15 is 0 Å². The molecule has 2 aliphatic heterocycles. The number of pyridine rings is 1. The first-order valence-electron chi connectivity index (χ1n) is 26.9. The smallest absolute Gasteiger partial charge is 0.253 e. The Morgan fingerprint density at radius 1 is 0.811 bits per heavy atom. The zero-order chi connectivity index (χ0) is 53.1. The highest BCUT2D eigenvalue weighted by Gasteiger charge is 2.29. The van der Waals surface area contributed by atoms with Crippen molar-refractivity contribution in [3.8, 4) is 11.1 Å². The van der Waals surface area contributed by atoms with Gasteiger partial charge in [-0.3, -0.25) is 33.8 Å². The van der Waals surface area contributed by atoms with Crippen molar-refractivity contribution in [2.75, 3.05) is 70.5 Å². The molecule has 4 amide bonds. The van der Waals surface area contributed by atoms with Crippen LogP contribution in [0.2, 0.25) is 0 Å². The third-order valence-electron chi connectivity index (χ3n) is 14.4. The van der Waals surface area contributed by atoms with E-state index in [2.05, 4.69) is 78.2 Å². The van der Waals surface area contributed by atoms with Gasteiger partial charge in [0.2, 0.25) is 11.8 Å². The van der Waals surface area contributed by atoms with Crippen molar-refractivity contribution in [1.82, 2.24) is 36.1 Å². The number of benzene rings is 3. The fourth-order valence-electron chi connectivity index (χ4n) is 10.1. The second kappa shape index (κ2) is 28.7. The van der Waals surface area contributed by atoms with Crippen LogP contribution in [0.15, 0.2) is 77.6 Å². The van der Waals surface area contributed by atoms with Crippen LogP contribution in [0.5, 0.6) is 0 Å². The van der Waals surface area contributed by atoms with E-state index in [1.54, 1.807) is 0 Å². The standard InChI is InChI=1S/C58H83N9O7/c1-7-67(47-21-29-74-30-22-47)52-35-46(34-48(42(52)6)55(70)62-36-49-40(4)32-41(5)63-56(49)71)45-19-17-44(18-20-45)37-65-25-27-66(28-26-65)38-53(68)60-23-13-8-9-14-24-61-57(72)51(31-39(2)3)64-58(73)54(69)50(59)33-43-15-11-10-12-16-43/h10-12,15-20,32,34-35,39,47,50-51,54,69H,7-9,13-14,21-31,33,36-38,59H2,1-6H3,(H,60,68)(H,61,72)(H,62,70)(H,63,71)(H,64,73)/t50-,51+,54+/m1/s1. The van der Waals surface area contributed by atoms with Crippen LogP contribution in [0.3, 0.4) is 0 Å². The molecule has 3 aromatic carbocycles. The molecule has 4 aromatic rings. The number of carbonyl (C=O) groups excluding carboxylic acids is 4. The highest BCUT2D eigenvalue weighted by Crippen LogP contribution is 2.34. The summed E-state index contributed by atoms with van der Waals surface area (Å²) in [5, 5.41) is 22.4. The summed E-state index contributed by atoms with van der Waals surface area (Å²) < 4.78 is 5.70. The molecule has 0 saturated carbocycles. The van der Waals surface area contributed by atoms with Crippen molar-refractivity contribution in [3.63, 3.8) is 0 Å². The third-order valence-corrected chi connectivity index (χ3v) is 14.4. The second-order valence-corrected chi connectivity index (χ2v) is 20.7. The quantitative estimate of drug-likeness (QED) is 0.0403. The zero-order valence-corrected chi connectivity index (χ0v) is 44.8. The number of unbranched alkanes of at least 4 members (excludes halogenated alkanes) is 3. The van der Waals surface area contributed by atoms with Gasteiger partial charge < -0.3 is 46.7 Å². The van der Waals surface area contributed by atoms with Gasteiger partial charge in [0.1, 0.15) is 12.1 Å². The Kier molecular flexibility index (Phi) is 22.2. The fraction of sp³-hybridized carbons (Fsp3) is 0.534. The zero-order valence-electron chi connectivity index (χ0n) is 44.8. The molecule has 8 N–H and O–H groups in total. The summed E-state index contributed by atoms with van der Waals surface area (Å²) in [5.74, 6) is -0.970. The van der Waals surface area contributed by atoms with Gasteiger partial charge in [0.05, 0.1) is 6.54 Å². The molecule has 0 spiro atoms. The molecule has 16 heteroatoms. The van der Waals surface area contributed by atoms with Crippen LogP contribution >= 0.6 is 0 Å². The van der Waals surface area contributed by atoms with Gasteiger partial charge >= 0.3 is 0 Å². The van der Waals surface area contributed by atoms with E-state index in [1.165, 1.54) is 5.56 Å². The number of hydrogen-bond donors (Lipinski definition) is 7. The van der Waals surface area contributed by atoms with Gasteiger partial charge in [0.15, 0.2) is 0 Å². The van der Waals surface area contributed by atoms with Crippen LogP contribution < -0.4 is 37.5 Å². The Hall–Kier alpha value is -5.91. The number of aryl methyl sites for hydroxylation is 2. The van der Waals surface area contributed by atoms with Gasteiger partial charge in [-0.15, -0.1) is 0 Å². The monoisotopic (exact) mass is 1020 g/mol. The number of H-pyrrole nitrogens is 1. The SMILES string of the molecule is CCN(c1cc(-c2ccc(CN3CCN(CC(=O)NCCCCCCNC(=O)[C@H](CC(C)C)NC(=O)[C@@H](O)[C@H](N)Cc4ccccc4)CC3)cc2)cc(C(=O)NCc2c(C)cc(C)[nH]c2=O)c1C)C1CCOCC1. The van der Waals surface area contributed by atoms with E-state index in [4.69, 9.17) is 10.5 Å². The van der Waals surface area contributed by atoms with E-state index in [1.807, 2.05) is 77.1 Å². The number of aliphatic hydroxyl groups excluding tert-OH is 1. The number of ether oxygens (including phenoxy) is 1. The molecule has 2 saturated heterocycles. The van der Waals surface area contributed by atoms with Crippen molar-refractivity contribution in [2.45, 2.75) is 130 Å². The van der Waals surface area contributed by atoms with Crippen LogP contribution in [0.1, 0.15) is 110 Å². The third kappa shape index (κ3) is 17.1. The normalized spacial score (nSPS) is 15.8. The Labute approximate surface area is 438 Å². The van der Waals surface area contributed by atoms with Gasteiger partial charge in [-0.1, -0.05) is 81.3 Å². The number of hydrogen-bond acceptors (Lipinski definition) is 11. The van der Waals surface area contributed by atoms with Gasteiger partial charge in [0, 0.05) is 107 Å². The molecule has 0 bridgehead atoms. The van der Waals surface area contributed by atoms with Crippen LogP contribution in [0, 0.1) is 26.7 Å². The Morgan fingerprint density at radius 3 is 2.12 bits per heavy atom. The number of aromatic nitrogens is 1. The van der Waals surface area contributed by atoms with E-state index < -0.39 is 24.1 Å². The Balaban J connectivity index is 0.910. The molecule has 402 valence electrons. The molecule has 0 unspecified atom stereocenters. The molecule has 0 radical (unpaired) electrons. The van der Waals surface area contributed by atoms with Crippen LogP contribution in [0.4, 0.5) is 5.69 Å². The number of carbonyl (C=O) groups is 4. The number of aliphatic hydroxyl groups is 1. The number of piperazine rings is 1. The number of nitrogens with one attached hydrogen (secondary N) is 5. The number of amides is 4. The highest BCUT2D eigenvalue weighted by molar-refractivity contribution is 5.99. The summed E-state index contributed by atoms with van der Waals surface area (Å²) in [6, 6.07) is 22.9. The molecule has 1 aromatic heterocycles. The molecular formula is C58H83N9O7. The second-order valence-electron chi connectivity index (χ2n) is 20.7. The number of anilines is 1. The summed E-state index contributed by atoms with van der Waals surface area (Å²) in [7, 11) is 0. The summed E-state index contributed by atoms with van der Waals surface area (Å²) in [4.78, 5) is 75.5. The van der Waals surface area contributed by atoms with Crippen LogP contribution in [0.25, 0.3) is 11.1 Å². The van der Waals surface area contributed by atoms with Crippen molar-refractivity contribution < 1.29 is 29.0 Å². The minimum atomic E-state index is -1.44. The van der Waals surface area contributed by atoms with Crippen molar-refractivity contribution in [3.05, 3.63) is 122 Å². The van der Waals surface area contributed by atoms with E-state index in [0.29, 0.717) is 62.9 Å². The largest absolute Gasteiger partial charge is 0.382 e. The molecule has 16 nitrogen and oxygen atoms in total. The van der Waals surface area contributed by atoms with Crippen molar-refractivity contribution >= 4 is 29.3 Å². The molecule has 2 fully saturated rings. The first kappa shape index (κ1) is 57.4. The minimum absolute atomic E-state index is 0.0250. The van der Waals surface area contributed by atoms with Crippen molar-refractivity contribution in [1.29, 1.82) is 0 Å². The topological polar surface area (TPSA) is 214 Å². The van der Waals surface area contributed by atoms with Gasteiger partial charge in [-0.25, -0.2) is 0 Å². The lowest BCUT2D eigenvalue weighted by atomic mass is 9.94. The molecular weight excluding hydrogens is 935 g/mol. The maximum absolute atomic E-state index is 14.0. The maximum Gasteiger partial charge on any atom is 0.253 e. The summed E-state index contributed by atoms with van der Waals surface area (Å²) in [6.45, 7) is 19.8. The molecule has 0 aliphatic carbocycles. The first-order chi connectivity index (χ1) is 35.6. The Bertz CT molecular complexity index is 2500. The predicted octanol–water partition coefficient (Wildman–Crippen LogP) is 5.27. The van der Waals surface area contributed by atoms with Crippen LogP contribution in [-0.4, -0.2) is 133 Å². The number of rotatable bonds is 26. The van der Waals surface area contributed by atoms with Crippen molar-refractivity contribution in [2.24, 2.45) is 11.7 Å². The van der Waals surface area contributed by atoms with E-state index in [0.717, 1.165) is 117 Å². The average Bonchev–Trinajstić information content (AvgIpc) is 3.38. The Morgan fingerprint density at radius 2 is 1.47 bits per heavy atom. The molecule has 3 atom stereocenters. The molecule has 2 aliphatic rings. The predicted molar refractivity (Wildman–Crippen MR) is 293 cm³/mol. The van der Waals surface area contributed by atoms with Gasteiger partial charge in [-0.05, 0) is 124 Å². The molecule has 6 rings (SSSR count).